The van der Waals surface area contributed by atoms with Gasteiger partial charge in [-0.2, -0.15) is 0 Å². The van der Waals surface area contributed by atoms with E-state index >= 15 is 0 Å². The average Bonchev–Trinajstić information content (AvgIpc) is 2.57. The molecule has 0 fully saturated rings. The van der Waals surface area contributed by atoms with Gasteiger partial charge >= 0.3 is 0 Å². The van der Waals surface area contributed by atoms with E-state index in [-0.39, 0.29) is 12.5 Å². The molecular weight excluding hydrogens is 192 g/mol. The number of carbonyl (C=O) groups is 1. The van der Waals surface area contributed by atoms with Gasteiger partial charge in [-0.1, -0.05) is 12.1 Å². The zero-order valence-electron chi connectivity index (χ0n) is 8.45. The molecule has 0 unspecified atom stereocenters. The summed E-state index contributed by atoms with van der Waals surface area (Å²) in [5.41, 5.74) is 2.75. The van der Waals surface area contributed by atoms with Crippen LogP contribution < -0.4 is 5.32 Å². The zero-order chi connectivity index (χ0) is 10.8. The van der Waals surface area contributed by atoms with Crippen molar-refractivity contribution >= 4 is 17.4 Å². The molecule has 2 rings (SSSR count). The third-order valence-electron chi connectivity index (χ3n) is 2.27. The van der Waals surface area contributed by atoms with Crippen LogP contribution in [0.4, 0.5) is 5.69 Å². The van der Waals surface area contributed by atoms with Crippen molar-refractivity contribution in [2.24, 2.45) is 4.99 Å². The Morgan fingerprint density at radius 2 is 2.40 bits per heavy atom. The second-order valence-electron chi connectivity index (χ2n) is 3.54. The first kappa shape index (κ1) is 9.86. The molecule has 15 heavy (non-hydrogen) atoms. The minimum Gasteiger partial charge on any atom is -0.392 e. The van der Waals surface area contributed by atoms with Crippen LogP contribution in [0.1, 0.15) is 18.1 Å². The van der Waals surface area contributed by atoms with E-state index in [4.69, 9.17) is 5.11 Å². The van der Waals surface area contributed by atoms with Crippen molar-refractivity contribution in [3.8, 4) is 0 Å². The molecule has 2 N–H and O–H groups in total. The average molecular weight is 204 g/mol. The van der Waals surface area contributed by atoms with Gasteiger partial charge < -0.3 is 10.4 Å². The Morgan fingerprint density at radius 1 is 1.60 bits per heavy atom. The molecule has 78 valence electrons. The summed E-state index contributed by atoms with van der Waals surface area (Å²) >= 11 is 0. The monoisotopic (exact) mass is 204 g/mol. The molecule has 0 bridgehead atoms. The van der Waals surface area contributed by atoms with Crippen molar-refractivity contribution in [1.82, 2.24) is 5.32 Å². The molecule has 1 amide bonds. The number of fused-ring (bicyclic) bond motifs is 1. The van der Waals surface area contributed by atoms with Gasteiger partial charge in [-0.15, -0.1) is 0 Å². The number of nitrogens with zero attached hydrogens (tertiary/aromatic N) is 1. The smallest absolute Gasteiger partial charge is 0.222 e. The summed E-state index contributed by atoms with van der Waals surface area (Å²) in [7, 11) is 0. The Morgan fingerprint density at radius 3 is 3.07 bits per heavy atom. The van der Waals surface area contributed by atoms with E-state index in [1.54, 1.807) is 0 Å². The number of aliphatic hydroxyl groups excluding tert-OH is 1. The molecule has 0 saturated carbocycles. The third kappa shape index (κ3) is 2.05. The lowest BCUT2D eigenvalue weighted by Gasteiger charge is -1.99. The normalized spacial score (nSPS) is 13.3. The lowest BCUT2D eigenvalue weighted by atomic mass is 10.1. The minimum absolute atomic E-state index is 0.0122. The summed E-state index contributed by atoms with van der Waals surface area (Å²) in [4.78, 5) is 15.1. The number of aliphatic imine (C=N–C) groups is 1. The van der Waals surface area contributed by atoms with Crippen LogP contribution in [0.5, 0.6) is 0 Å². The van der Waals surface area contributed by atoms with E-state index in [9.17, 15) is 4.79 Å². The van der Waals surface area contributed by atoms with Gasteiger partial charge in [0, 0.05) is 13.3 Å². The molecule has 0 aliphatic carbocycles. The fourth-order valence-electron chi connectivity index (χ4n) is 1.60. The molecule has 1 heterocycles. The van der Waals surface area contributed by atoms with Crippen LogP contribution in [0.2, 0.25) is 0 Å². The minimum atomic E-state index is -0.107. The molecule has 4 nitrogen and oxygen atoms in total. The van der Waals surface area contributed by atoms with Crippen LogP contribution in [0.15, 0.2) is 23.2 Å². The number of hydrogen-bond acceptors (Lipinski definition) is 3. The highest BCUT2D eigenvalue weighted by atomic mass is 16.3. The van der Waals surface area contributed by atoms with Crippen LogP contribution in [0.25, 0.3) is 0 Å². The van der Waals surface area contributed by atoms with Crippen molar-refractivity contribution in [3.05, 3.63) is 29.3 Å². The lowest BCUT2D eigenvalue weighted by molar-refractivity contribution is -0.117. The molecule has 0 saturated heterocycles. The topological polar surface area (TPSA) is 61.7 Å². The van der Waals surface area contributed by atoms with Gasteiger partial charge in [0.2, 0.25) is 5.91 Å². The van der Waals surface area contributed by atoms with E-state index in [0.717, 1.165) is 16.8 Å². The fraction of sp³-hybridized carbons (Fsp3) is 0.273. The number of benzene rings is 1. The van der Waals surface area contributed by atoms with Crippen LogP contribution >= 0.6 is 0 Å². The maximum atomic E-state index is 10.8. The van der Waals surface area contributed by atoms with E-state index in [0.29, 0.717) is 12.3 Å². The highest BCUT2D eigenvalue weighted by molar-refractivity contribution is 6.02. The highest BCUT2D eigenvalue weighted by Gasteiger charge is 2.15. The van der Waals surface area contributed by atoms with Crippen molar-refractivity contribution in [1.29, 1.82) is 0 Å². The highest BCUT2D eigenvalue weighted by Crippen LogP contribution is 2.27. The van der Waals surface area contributed by atoms with Gasteiger partial charge in [-0.25, -0.2) is 4.99 Å². The number of hydrogen-bond donors (Lipinski definition) is 2. The van der Waals surface area contributed by atoms with Gasteiger partial charge in [0.15, 0.2) is 0 Å². The Bertz CT molecular complexity index is 438. The summed E-state index contributed by atoms with van der Waals surface area (Å²) in [5.74, 6) is 0.566. The Kier molecular flexibility index (Phi) is 2.51. The maximum absolute atomic E-state index is 10.8. The van der Waals surface area contributed by atoms with E-state index in [1.807, 2.05) is 18.2 Å². The molecule has 1 aromatic rings. The predicted octanol–water partition coefficient (Wildman–Crippen LogP) is 0.901. The molecule has 0 spiro atoms. The Balaban J connectivity index is 2.24. The van der Waals surface area contributed by atoms with Crippen molar-refractivity contribution in [2.75, 3.05) is 0 Å². The zero-order valence-corrected chi connectivity index (χ0v) is 8.45. The van der Waals surface area contributed by atoms with Gasteiger partial charge in [0.1, 0.15) is 5.84 Å². The summed E-state index contributed by atoms with van der Waals surface area (Å²) < 4.78 is 0. The van der Waals surface area contributed by atoms with Crippen LogP contribution in [0.3, 0.4) is 0 Å². The first-order valence-electron chi connectivity index (χ1n) is 4.77. The second-order valence-corrected chi connectivity index (χ2v) is 3.54. The number of amides is 1. The van der Waals surface area contributed by atoms with Crippen LogP contribution in [-0.4, -0.2) is 16.8 Å². The number of amidine groups is 1. The van der Waals surface area contributed by atoms with Gasteiger partial charge in [0.25, 0.3) is 0 Å². The third-order valence-corrected chi connectivity index (χ3v) is 2.27. The van der Waals surface area contributed by atoms with E-state index < -0.39 is 0 Å². The Labute approximate surface area is 87.7 Å². The fourth-order valence-corrected chi connectivity index (χ4v) is 1.60. The summed E-state index contributed by atoms with van der Waals surface area (Å²) in [6.45, 7) is 1.48. The van der Waals surface area contributed by atoms with Crippen molar-refractivity contribution in [3.63, 3.8) is 0 Å². The number of nitrogens with one attached hydrogen (secondary N) is 1. The summed E-state index contributed by atoms with van der Waals surface area (Å²) in [6, 6.07) is 5.63. The SMILES string of the molecule is CC(=O)NC1=Nc2cc(CO)ccc2C1. The molecule has 0 aromatic heterocycles. The maximum Gasteiger partial charge on any atom is 0.222 e. The number of carbonyl (C=O) groups excluding carboxylic acids is 1. The molecule has 4 heteroatoms. The number of aliphatic hydroxyl groups is 1. The van der Waals surface area contributed by atoms with E-state index in [2.05, 4.69) is 10.3 Å². The molecule has 0 atom stereocenters. The summed E-state index contributed by atoms with van der Waals surface area (Å²) in [6.07, 6.45) is 0.653. The van der Waals surface area contributed by atoms with Gasteiger partial charge in [-0.05, 0) is 17.2 Å². The predicted molar refractivity (Wildman–Crippen MR) is 57.0 cm³/mol. The van der Waals surface area contributed by atoms with Gasteiger partial charge in [-0.3, -0.25) is 4.79 Å². The standard InChI is InChI=1S/C11H12N2O2/c1-7(15)12-11-5-9-3-2-8(6-14)4-10(9)13-11/h2-4,14H,5-6H2,1H3,(H,12,13,15). The summed E-state index contributed by atoms with van der Waals surface area (Å²) in [5, 5.41) is 11.6. The molecule has 1 aliphatic heterocycles. The van der Waals surface area contributed by atoms with Crippen molar-refractivity contribution in [2.45, 2.75) is 20.0 Å². The second kappa shape index (κ2) is 3.82. The molecule has 0 radical (unpaired) electrons. The van der Waals surface area contributed by atoms with E-state index in [1.165, 1.54) is 6.92 Å². The quantitative estimate of drug-likeness (QED) is 0.714. The molecule has 1 aromatic carbocycles. The largest absolute Gasteiger partial charge is 0.392 e. The lowest BCUT2D eigenvalue weighted by Crippen LogP contribution is -2.27. The first-order chi connectivity index (χ1) is 7.19. The molecular formula is C11H12N2O2. The van der Waals surface area contributed by atoms with Gasteiger partial charge in [0.05, 0.1) is 12.3 Å². The number of rotatable bonds is 1. The van der Waals surface area contributed by atoms with Crippen LogP contribution in [0, 0.1) is 0 Å². The molecule has 1 aliphatic rings. The van der Waals surface area contributed by atoms with Crippen LogP contribution in [-0.2, 0) is 17.8 Å². The van der Waals surface area contributed by atoms with Crippen molar-refractivity contribution < 1.29 is 9.90 Å². The first-order valence-corrected chi connectivity index (χ1v) is 4.77. The Hall–Kier alpha value is -1.68.